The minimum absolute atomic E-state index is 0.147. The molecular formula is C15H25NOS. The SMILES string of the molecule is CC(O)C(C)Sc1ccc(CNC(C)(C)C)cc1. The van der Waals surface area contributed by atoms with Gasteiger partial charge in [0.15, 0.2) is 0 Å². The summed E-state index contributed by atoms with van der Waals surface area (Å²) in [7, 11) is 0. The Balaban J connectivity index is 2.52. The van der Waals surface area contributed by atoms with E-state index in [1.807, 2.05) is 13.8 Å². The quantitative estimate of drug-likeness (QED) is 0.802. The van der Waals surface area contributed by atoms with Crippen LogP contribution in [0.5, 0.6) is 0 Å². The van der Waals surface area contributed by atoms with Gasteiger partial charge in [0, 0.05) is 22.2 Å². The first-order valence-electron chi connectivity index (χ1n) is 6.46. The molecule has 0 saturated heterocycles. The monoisotopic (exact) mass is 267 g/mol. The summed E-state index contributed by atoms with van der Waals surface area (Å²) in [5.74, 6) is 0. The van der Waals surface area contributed by atoms with Gasteiger partial charge in [-0.15, -0.1) is 11.8 Å². The summed E-state index contributed by atoms with van der Waals surface area (Å²) in [5, 5.41) is 13.2. The highest BCUT2D eigenvalue weighted by Crippen LogP contribution is 2.25. The van der Waals surface area contributed by atoms with Crippen LogP contribution in [0, 0.1) is 0 Å². The van der Waals surface area contributed by atoms with E-state index in [1.54, 1.807) is 11.8 Å². The van der Waals surface area contributed by atoms with Crippen molar-refractivity contribution in [3.63, 3.8) is 0 Å². The first-order valence-corrected chi connectivity index (χ1v) is 7.34. The van der Waals surface area contributed by atoms with Crippen LogP contribution >= 0.6 is 11.8 Å². The van der Waals surface area contributed by atoms with Gasteiger partial charge in [-0.1, -0.05) is 19.1 Å². The highest BCUT2D eigenvalue weighted by molar-refractivity contribution is 8.00. The van der Waals surface area contributed by atoms with Crippen LogP contribution in [0.15, 0.2) is 29.2 Å². The van der Waals surface area contributed by atoms with Gasteiger partial charge in [0.2, 0.25) is 0 Å². The van der Waals surface area contributed by atoms with Crippen molar-refractivity contribution in [1.29, 1.82) is 0 Å². The van der Waals surface area contributed by atoms with E-state index in [4.69, 9.17) is 0 Å². The smallest absolute Gasteiger partial charge is 0.0631 e. The van der Waals surface area contributed by atoms with Gasteiger partial charge >= 0.3 is 0 Å². The molecule has 0 radical (unpaired) electrons. The van der Waals surface area contributed by atoms with Crippen LogP contribution in [0.2, 0.25) is 0 Å². The number of thioether (sulfide) groups is 1. The van der Waals surface area contributed by atoms with Crippen LogP contribution in [0.1, 0.15) is 40.2 Å². The van der Waals surface area contributed by atoms with Gasteiger partial charge < -0.3 is 10.4 Å². The molecule has 2 unspecified atom stereocenters. The molecule has 0 saturated carbocycles. The molecule has 1 rings (SSSR count). The molecule has 0 spiro atoms. The predicted molar refractivity (Wildman–Crippen MR) is 80.0 cm³/mol. The highest BCUT2D eigenvalue weighted by atomic mass is 32.2. The molecule has 0 aromatic heterocycles. The van der Waals surface area contributed by atoms with Crippen molar-refractivity contribution in [1.82, 2.24) is 5.32 Å². The molecule has 0 aliphatic carbocycles. The lowest BCUT2D eigenvalue weighted by atomic mass is 10.1. The zero-order valence-electron chi connectivity index (χ0n) is 12.0. The van der Waals surface area contributed by atoms with Crippen LogP contribution in [0.4, 0.5) is 0 Å². The maximum absolute atomic E-state index is 9.48. The molecule has 18 heavy (non-hydrogen) atoms. The van der Waals surface area contributed by atoms with E-state index < -0.39 is 0 Å². The van der Waals surface area contributed by atoms with E-state index in [2.05, 4.69) is 50.4 Å². The normalized spacial score (nSPS) is 15.4. The van der Waals surface area contributed by atoms with Crippen LogP contribution in [-0.2, 0) is 6.54 Å². The fraction of sp³-hybridized carbons (Fsp3) is 0.600. The Kier molecular flexibility index (Phi) is 5.70. The van der Waals surface area contributed by atoms with Crippen molar-refractivity contribution >= 4 is 11.8 Å². The third-order valence-corrected chi connectivity index (χ3v) is 4.06. The van der Waals surface area contributed by atoms with Crippen LogP contribution < -0.4 is 5.32 Å². The summed E-state index contributed by atoms with van der Waals surface area (Å²) < 4.78 is 0. The summed E-state index contributed by atoms with van der Waals surface area (Å²) in [5.41, 5.74) is 1.44. The zero-order chi connectivity index (χ0) is 13.8. The third-order valence-electron chi connectivity index (χ3n) is 2.75. The van der Waals surface area contributed by atoms with E-state index in [0.717, 1.165) is 6.54 Å². The minimum atomic E-state index is -0.280. The van der Waals surface area contributed by atoms with E-state index in [-0.39, 0.29) is 16.9 Å². The fourth-order valence-corrected chi connectivity index (χ4v) is 2.29. The van der Waals surface area contributed by atoms with Crippen LogP contribution in [-0.4, -0.2) is 22.0 Å². The van der Waals surface area contributed by atoms with E-state index >= 15 is 0 Å². The van der Waals surface area contributed by atoms with Gasteiger partial charge in [0.1, 0.15) is 0 Å². The van der Waals surface area contributed by atoms with E-state index in [0.29, 0.717) is 0 Å². The molecule has 1 aromatic rings. The minimum Gasteiger partial charge on any atom is -0.392 e. The van der Waals surface area contributed by atoms with Crippen molar-refractivity contribution < 1.29 is 5.11 Å². The molecule has 3 heteroatoms. The van der Waals surface area contributed by atoms with E-state index in [1.165, 1.54) is 10.5 Å². The lowest BCUT2D eigenvalue weighted by molar-refractivity contribution is 0.196. The summed E-state index contributed by atoms with van der Waals surface area (Å²) in [6, 6.07) is 8.55. The maximum atomic E-state index is 9.48. The Labute approximate surface area is 115 Å². The number of hydrogen-bond donors (Lipinski definition) is 2. The molecule has 2 nitrogen and oxygen atoms in total. The highest BCUT2D eigenvalue weighted by Gasteiger charge is 2.11. The van der Waals surface area contributed by atoms with Gasteiger partial charge in [0.05, 0.1) is 6.10 Å². The predicted octanol–water partition coefficient (Wildman–Crippen LogP) is 3.44. The Bertz CT molecular complexity index is 354. The molecule has 0 aliphatic rings. The lowest BCUT2D eigenvalue weighted by Crippen LogP contribution is -2.35. The molecule has 1 aromatic carbocycles. The maximum Gasteiger partial charge on any atom is 0.0631 e. The summed E-state index contributed by atoms with van der Waals surface area (Å²) >= 11 is 1.71. The second kappa shape index (κ2) is 6.60. The van der Waals surface area contributed by atoms with Crippen molar-refractivity contribution in [2.24, 2.45) is 0 Å². The van der Waals surface area contributed by atoms with Gasteiger partial charge in [-0.2, -0.15) is 0 Å². The molecule has 102 valence electrons. The second-order valence-electron chi connectivity index (χ2n) is 5.81. The van der Waals surface area contributed by atoms with Gasteiger partial charge in [-0.3, -0.25) is 0 Å². The summed E-state index contributed by atoms with van der Waals surface area (Å²) in [4.78, 5) is 1.21. The summed E-state index contributed by atoms with van der Waals surface area (Å²) in [6.45, 7) is 11.3. The van der Waals surface area contributed by atoms with E-state index in [9.17, 15) is 5.11 Å². The number of benzene rings is 1. The largest absolute Gasteiger partial charge is 0.392 e. The molecule has 2 atom stereocenters. The topological polar surface area (TPSA) is 32.3 Å². The fourth-order valence-electron chi connectivity index (χ4n) is 1.37. The van der Waals surface area contributed by atoms with Crippen LogP contribution in [0.3, 0.4) is 0 Å². The Morgan fingerprint density at radius 3 is 2.17 bits per heavy atom. The molecule has 0 fully saturated rings. The van der Waals surface area contributed by atoms with Crippen molar-refractivity contribution in [3.05, 3.63) is 29.8 Å². The van der Waals surface area contributed by atoms with Gasteiger partial charge in [-0.25, -0.2) is 0 Å². The number of aliphatic hydroxyl groups is 1. The molecule has 0 bridgehead atoms. The third kappa shape index (κ3) is 5.89. The Morgan fingerprint density at radius 2 is 1.72 bits per heavy atom. The van der Waals surface area contributed by atoms with Crippen molar-refractivity contribution in [2.75, 3.05) is 0 Å². The summed E-state index contributed by atoms with van der Waals surface area (Å²) in [6.07, 6.45) is -0.280. The number of nitrogens with one attached hydrogen (secondary N) is 1. The number of aliphatic hydroxyl groups excluding tert-OH is 1. The van der Waals surface area contributed by atoms with Crippen molar-refractivity contribution in [3.8, 4) is 0 Å². The average Bonchev–Trinajstić information content (AvgIpc) is 2.27. The lowest BCUT2D eigenvalue weighted by Gasteiger charge is -2.20. The van der Waals surface area contributed by atoms with Crippen LogP contribution in [0.25, 0.3) is 0 Å². The molecule has 0 amide bonds. The van der Waals surface area contributed by atoms with Gasteiger partial charge in [-0.05, 0) is 45.4 Å². The van der Waals surface area contributed by atoms with Gasteiger partial charge in [0.25, 0.3) is 0 Å². The zero-order valence-corrected chi connectivity index (χ0v) is 12.8. The Hall–Kier alpha value is -0.510. The number of rotatable bonds is 5. The first-order chi connectivity index (χ1) is 8.28. The van der Waals surface area contributed by atoms with Crippen molar-refractivity contribution in [2.45, 2.75) is 63.0 Å². The molecule has 0 aliphatic heterocycles. The Morgan fingerprint density at radius 1 is 1.17 bits per heavy atom. The average molecular weight is 267 g/mol. The second-order valence-corrected chi connectivity index (χ2v) is 7.26. The standard InChI is InChI=1S/C15H25NOS/c1-11(17)12(2)18-14-8-6-13(7-9-14)10-16-15(3,4)5/h6-9,11-12,16-17H,10H2,1-5H3. The molecular weight excluding hydrogens is 242 g/mol. The first kappa shape index (κ1) is 15.5. The number of hydrogen-bond acceptors (Lipinski definition) is 3. The molecule has 2 N–H and O–H groups in total. The molecule has 0 heterocycles.